The molecule has 0 aliphatic carbocycles. The van der Waals surface area contributed by atoms with Crippen LogP contribution in [0.3, 0.4) is 0 Å². The van der Waals surface area contributed by atoms with Gasteiger partial charge in [-0.15, -0.1) is 11.8 Å². The molecule has 1 amide bonds. The monoisotopic (exact) mass is 732 g/mol. The van der Waals surface area contributed by atoms with Crippen molar-refractivity contribution in [2.24, 2.45) is 0 Å². The molecule has 0 spiro atoms. The van der Waals surface area contributed by atoms with Crippen LogP contribution in [0.2, 0.25) is 0 Å². The highest BCUT2D eigenvalue weighted by molar-refractivity contribution is 7.99. The Kier molecular flexibility index (Phi) is 15.3. The second kappa shape index (κ2) is 18.2. The van der Waals surface area contributed by atoms with Crippen molar-refractivity contribution in [1.29, 1.82) is 0 Å². The van der Waals surface area contributed by atoms with E-state index in [9.17, 15) is 54.5 Å². The van der Waals surface area contributed by atoms with Gasteiger partial charge in [0.1, 0.15) is 42.4 Å². The number of carbonyl (C=O) groups is 2. The fourth-order valence-electron chi connectivity index (χ4n) is 4.79. The van der Waals surface area contributed by atoms with Crippen molar-refractivity contribution in [1.82, 2.24) is 14.9 Å². The van der Waals surface area contributed by atoms with Gasteiger partial charge in [0.2, 0.25) is 11.7 Å². The van der Waals surface area contributed by atoms with Gasteiger partial charge in [-0.2, -0.15) is 4.98 Å². The Morgan fingerprint density at radius 2 is 2.02 bits per heavy atom. The van der Waals surface area contributed by atoms with Crippen LogP contribution in [0.15, 0.2) is 17.1 Å². The number of hydrogen-bond acceptors (Lipinski definition) is 19. The van der Waals surface area contributed by atoms with Crippen molar-refractivity contribution in [2.45, 2.75) is 67.2 Å². The molecule has 2 aliphatic heterocycles. The summed E-state index contributed by atoms with van der Waals surface area (Å²) in [5.74, 6) is -3.29. The zero-order valence-corrected chi connectivity index (χ0v) is 27.3. The minimum atomic E-state index is -5.38. The van der Waals surface area contributed by atoms with Crippen LogP contribution in [0.1, 0.15) is 12.6 Å². The number of aliphatic hydroxyl groups is 6. The molecule has 2 fully saturated rings. The average Bonchev–Trinajstić information content (AvgIpc) is 3.32. The first kappa shape index (κ1) is 40.3. The topological polar surface area (TPSA) is 321 Å². The Hall–Kier alpha value is -2.12. The van der Waals surface area contributed by atoms with Crippen molar-refractivity contribution in [3.8, 4) is 0 Å². The number of rotatable bonds is 19. The number of phosphoric acid groups is 1. The molecule has 274 valence electrons. The van der Waals surface area contributed by atoms with Gasteiger partial charge in [0, 0.05) is 25.5 Å². The van der Waals surface area contributed by atoms with Crippen molar-refractivity contribution < 1.29 is 77.7 Å². The number of methoxy groups -OCH3 is 1. The van der Waals surface area contributed by atoms with Crippen LogP contribution < -0.4 is 16.7 Å². The Morgan fingerprint density at radius 1 is 1.29 bits per heavy atom. The molecule has 23 heteroatoms. The molecule has 21 nitrogen and oxygen atoms in total. The number of amides is 1. The summed E-state index contributed by atoms with van der Waals surface area (Å²) in [6.45, 7) is -0.884. The molecule has 11 atom stereocenters. The number of nitrogens with one attached hydrogen (secondary N) is 1. The smallest absolute Gasteiger partial charge is 0.394 e. The van der Waals surface area contributed by atoms with Crippen LogP contribution in [-0.2, 0) is 42.1 Å². The van der Waals surface area contributed by atoms with E-state index in [1.807, 2.05) is 0 Å². The number of nitrogens with zero attached hydrogens (tertiary/aromatic N) is 2. The molecule has 1 aromatic heterocycles. The fourth-order valence-corrected chi connectivity index (χ4v) is 6.38. The maximum absolute atomic E-state index is 13.0. The van der Waals surface area contributed by atoms with Gasteiger partial charge in [-0.25, -0.2) is 13.9 Å². The molecule has 3 heterocycles. The number of carbonyl (C=O) groups excluding carboxylic acids is 2. The van der Waals surface area contributed by atoms with Crippen LogP contribution in [-0.4, -0.2) is 163 Å². The van der Waals surface area contributed by atoms with Crippen molar-refractivity contribution in [3.05, 3.63) is 22.7 Å². The average molecular weight is 733 g/mol. The molecular formula is C25H41N4O17PS. The first-order chi connectivity index (χ1) is 22.7. The lowest BCUT2D eigenvalue weighted by Gasteiger charge is -2.46. The number of nitrogen functional groups attached to an aromatic ring is 1. The lowest BCUT2D eigenvalue weighted by atomic mass is 9.89. The van der Waals surface area contributed by atoms with Crippen LogP contribution >= 0.6 is 19.6 Å². The first-order valence-electron chi connectivity index (χ1n) is 14.4. The predicted molar refractivity (Wildman–Crippen MR) is 161 cm³/mol. The van der Waals surface area contributed by atoms with E-state index in [1.54, 1.807) is 0 Å². The molecule has 1 aromatic rings. The summed E-state index contributed by atoms with van der Waals surface area (Å²) < 4.78 is 44.7. The van der Waals surface area contributed by atoms with E-state index in [1.165, 1.54) is 24.9 Å². The summed E-state index contributed by atoms with van der Waals surface area (Å²) in [6.07, 6.45) is -14.0. The molecule has 0 bridgehead atoms. The molecule has 0 saturated carbocycles. The lowest BCUT2D eigenvalue weighted by molar-refractivity contribution is -0.274. The molecular weight excluding hydrogens is 691 g/mol. The predicted octanol–water partition coefficient (Wildman–Crippen LogP) is -4.78. The van der Waals surface area contributed by atoms with Gasteiger partial charge in [0.25, 0.3) is 0 Å². The highest BCUT2D eigenvalue weighted by Gasteiger charge is 2.55. The number of aldehydes is 1. The summed E-state index contributed by atoms with van der Waals surface area (Å²) >= 11 is 1.17. The third kappa shape index (κ3) is 10.7. The Labute approximate surface area is 277 Å². The largest absolute Gasteiger partial charge is 0.475 e. The minimum absolute atomic E-state index is 0.119. The third-order valence-electron chi connectivity index (χ3n) is 7.19. The van der Waals surface area contributed by atoms with Gasteiger partial charge in [-0.05, 0) is 6.07 Å². The zero-order chi connectivity index (χ0) is 35.6. The van der Waals surface area contributed by atoms with Crippen LogP contribution in [0.4, 0.5) is 5.82 Å². The lowest BCUT2D eigenvalue weighted by Crippen LogP contribution is -2.66. The minimum Gasteiger partial charge on any atom is -0.394 e. The normalized spacial score (nSPS) is 31.5. The van der Waals surface area contributed by atoms with Crippen molar-refractivity contribution in [2.75, 3.05) is 57.4 Å². The van der Waals surface area contributed by atoms with E-state index in [0.717, 1.165) is 10.8 Å². The third-order valence-corrected chi connectivity index (χ3v) is 9.13. The number of phosphoric ester groups is 1. The van der Waals surface area contributed by atoms with Crippen molar-refractivity contribution >= 4 is 37.6 Å². The molecule has 0 aromatic carbocycles. The zero-order valence-electron chi connectivity index (χ0n) is 25.6. The fraction of sp³-hybridized carbons (Fsp3) is 0.760. The SMILES string of the molecule is COCCOCCSCC(=O)N[C@H]1C([C@H](O)C(O)CO)O[C@@](C=O)(OP(=O)(O)OCC2OC(n3ccc(N)nc3=O)[C@H](O)[C@@H]2O)C[C@H]1O. The van der Waals surface area contributed by atoms with Gasteiger partial charge in [0.15, 0.2) is 12.5 Å². The number of thioether (sulfide) groups is 1. The second-order valence-electron chi connectivity index (χ2n) is 10.7. The Morgan fingerprint density at radius 3 is 2.67 bits per heavy atom. The summed E-state index contributed by atoms with van der Waals surface area (Å²) in [5.41, 5.74) is 4.52. The molecule has 5 unspecified atom stereocenters. The van der Waals surface area contributed by atoms with Gasteiger partial charge >= 0.3 is 13.5 Å². The Bertz CT molecular complexity index is 1310. The van der Waals surface area contributed by atoms with Crippen LogP contribution in [0.25, 0.3) is 0 Å². The van der Waals surface area contributed by atoms with Gasteiger partial charge in [-0.1, -0.05) is 0 Å². The summed E-state index contributed by atoms with van der Waals surface area (Å²) in [5, 5.41) is 64.3. The van der Waals surface area contributed by atoms with E-state index in [-0.39, 0.29) is 17.9 Å². The van der Waals surface area contributed by atoms with E-state index in [0.29, 0.717) is 25.6 Å². The standard InChI is InChI=1S/C25H41N4O17PS/c1-41-4-5-42-6-7-48-11-17(34)28-18-13(32)8-25(12-31,45-22(18)19(35)14(33)9-30)46-47(39,40)43-10-15-20(36)21(37)23(44-15)29-3-2-16(26)27-24(29)38/h2-3,12-15,18-23,30,32-33,35-37H,4-11H2,1H3,(H,28,34)(H,39,40)(H2,26,27,38)/t13-,14?,15?,18-,19-,20-,21-,22?,23?,25-/m1/s1. The van der Waals surface area contributed by atoms with Crippen molar-refractivity contribution in [3.63, 3.8) is 0 Å². The summed E-state index contributed by atoms with van der Waals surface area (Å²) in [7, 11) is -3.86. The summed E-state index contributed by atoms with van der Waals surface area (Å²) in [4.78, 5) is 51.0. The molecule has 10 N–H and O–H groups in total. The number of ether oxygens (including phenoxy) is 4. The number of aliphatic hydroxyl groups excluding tert-OH is 6. The van der Waals surface area contributed by atoms with E-state index in [4.69, 9.17) is 33.7 Å². The number of nitrogens with two attached hydrogens (primary N) is 1. The second-order valence-corrected chi connectivity index (χ2v) is 13.2. The molecule has 3 rings (SSSR count). The Balaban J connectivity index is 1.67. The molecule has 2 aliphatic rings. The number of hydrogen-bond donors (Lipinski definition) is 9. The summed E-state index contributed by atoms with van der Waals surface area (Å²) in [6, 6.07) is -0.281. The maximum atomic E-state index is 13.0. The number of aromatic nitrogens is 2. The maximum Gasteiger partial charge on any atom is 0.475 e. The first-order valence-corrected chi connectivity index (χ1v) is 17.1. The van der Waals surface area contributed by atoms with Crippen LogP contribution in [0.5, 0.6) is 0 Å². The van der Waals surface area contributed by atoms with Crippen LogP contribution in [0, 0.1) is 0 Å². The number of anilines is 1. The van der Waals surface area contributed by atoms with Gasteiger partial charge in [0.05, 0.1) is 50.9 Å². The molecule has 48 heavy (non-hydrogen) atoms. The van der Waals surface area contributed by atoms with E-state index < -0.39 is 99.8 Å². The molecule has 2 saturated heterocycles. The molecule has 0 radical (unpaired) electrons. The van der Waals surface area contributed by atoms with Gasteiger partial charge in [-0.3, -0.25) is 18.7 Å². The van der Waals surface area contributed by atoms with E-state index in [2.05, 4.69) is 10.3 Å². The highest BCUT2D eigenvalue weighted by atomic mass is 32.2. The quantitative estimate of drug-likeness (QED) is 0.0366. The van der Waals surface area contributed by atoms with Gasteiger partial charge < -0.3 is 65.5 Å². The van der Waals surface area contributed by atoms with E-state index >= 15 is 0 Å². The highest BCUT2D eigenvalue weighted by Crippen LogP contribution is 2.50.